The molecule has 0 saturated carbocycles. The summed E-state index contributed by atoms with van der Waals surface area (Å²) in [6, 6.07) is 7.04. The Kier molecular flexibility index (Phi) is 6.64. The molecule has 0 bridgehead atoms. The first-order valence-corrected chi connectivity index (χ1v) is 8.47. The molecule has 0 spiro atoms. The van der Waals surface area contributed by atoms with E-state index in [1.54, 1.807) is 38.1 Å². The highest BCUT2D eigenvalue weighted by Gasteiger charge is 2.22. The lowest BCUT2D eigenvalue weighted by atomic mass is 10.2. The molecule has 0 fully saturated rings. The Hall–Kier alpha value is -1.60. The number of sulfonamides is 1. The lowest BCUT2D eigenvalue weighted by molar-refractivity contribution is -0.142. The number of anilines is 1. The van der Waals surface area contributed by atoms with Crippen molar-refractivity contribution in [3.63, 3.8) is 0 Å². The van der Waals surface area contributed by atoms with Crippen LogP contribution in [-0.2, 0) is 26.1 Å². The average molecular weight is 314 g/mol. The van der Waals surface area contributed by atoms with Crippen molar-refractivity contribution in [2.75, 3.05) is 24.6 Å². The number of hydrogen-bond acceptors (Lipinski definition) is 5. The van der Waals surface area contributed by atoms with E-state index in [2.05, 4.69) is 0 Å². The summed E-state index contributed by atoms with van der Waals surface area (Å²) in [4.78, 5) is 11.3. The van der Waals surface area contributed by atoms with Gasteiger partial charge in [-0.15, -0.1) is 0 Å². The third kappa shape index (κ3) is 5.73. The summed E-state index contributed by atoms with van der Waals surface area (Å²) in [7, 11) is -3.49. The van der Waals surface area contributed by atoms with Gasteiger partial charge in [0.25, 0.3) is 0 Å². The smallest absolute Gasteiger partial charge is 0.306 e. The molecule has 1 rings (SSSR count). The van der Waals surface area contributed by atoms with Crippen molar-refractivity contribution in [3.8, 4) is 0 Å². The lowest BCUT2D eigenvalue weighted by Gasteiger charge is -2.20. The molecule has 0 aliphatic carbocycles. The highest BCUT2D eigenvalue weighted by Crippen LogP contribution is 2.12. The van der Waals surface area contributed by atoms with E-state index in [4.69, 9.17) is 10.5 Å². The molecule has 0 heterocycles. The van der Waals surface area contributed by atoms with Gasteiger partial charge in [0.2, 0.25) is 10.0 Å². The molecule has 0 atom stereocenters. The van der Waals surface area contributed by atoms with Crippen molar-refractivity contribution in [3.05, 3.63) is 29.8 Å². The van der Waals surface area contributed by atoms with Gasteiger partial charge in [0.05, 0.1) is 18.8 Å². The third-order valence-corrected chi connectivity index (χ3v) is 4.85. The Morgan fingerprint density at radius 3 is 2.38 bits per heavy atom. The number of nitrogen functional groups attached to an aromatic ring is 1. The standard InChI is InChI=1S/C14H22N2O4S/c1-3-16(11-12-5-7-13(15)8-6-12)21(18,19)10-9-14(17)20-4-2/h5-8H,3-4,9-11,15H2,1-2H3. The fourth-order valence-electron chi connectivity index (χ4n) is 1.81. The predicted octanol–water partition coefficient (Wildman–Crippen LogP) is 1.37. The van der Waals surface area contributed by atoms with Gasteiger partial charge in [-0.1, -0.05) is 19.1 Å². The van der Waals surface area contributed by atoms with Gasteiger partial charge in [0.15, 0.2) is 0 Å². The van der Waals surface area contributed by atoms with E-state index in [0.29, 0.717) is 12.2 Å². The average Bonchev–Trinajstić information content (AvgIpc) is 2.45. The molecule has 1 aromatic carbocycles. The van der Waals surface area contributed by atoms with Crippen LogP contribution in [-0.4, -0.2) is 37.6 Å². The largest absolute Gasteiger partial charge is 0.466 e. The fraction of sp³-hybridized carbons (Fsp3) is 0.500. The zero-order valence-electron chi connectivity index (χ0n) is 12.4. The molecule has 0 amide bonds. The van der Waals surface area contributed by atoms with Gasteiger partial charge in [-0.05, 0) is 24.6 Å². The van der Waals surface area contributed by atoms with Crippen LogP contribution in [0.25, 0.3) is 0 Å². The van der Waals surface area contributed by atoms with Crippen LogP contribution >= 0.6 is 0 Å². The number of hydrogen-bond donors (Lipinski definition) is 1. The number of benzene rings is 1. The number of carbonyl (C=O) groups excluding carboxylic acids is 1. The molecule has 0 aliphatic rings. The van der Waals surface area contributed by atoms with Crippen LogP contribution in [0.5, 0.6) is 0 Å². The summed E-state index contributed by atoms with van der Waals surface area (Å²) in [5.41, 5.74) is 7.09. The molecule has 0 aromatic heterocycles. The van der Waals surface area contributed by atoms with Crippen molar-refractivity contribution >= 4 is 21.7 Å². The number of carbonyl (C=O) groups is 1. The molecule has 7 heteroatoms. The highest BCUT2D eigenvalue weighted by atomic mass is 32.2. The zero-order valence-corrected chi connectivity index (χ0v) is 13.2. The van der Waals surface area contributed by atoms with Crippen molar-refractivity contribution in [2.45, 2.75) is 26.8 Å². The predicted molar refractivity (Wildman–Crippen MR) is 82.0 cm³/mol. The first-order chi connectivity index (χ1) is 9.89. The Morgan fingerprint density at radius 2 is 1.86 bits per heavy atom. The third-order valence-electron chi connectivity index (χ3n) is 2.95. The van der Waals surface area contributed by atoms with E-state index in [0.717, 1.165) is 5.56 Å². The molecule has 1 aromatic rings. The Bertz CT molecular complexity index is 555. The van der Waals surface area contributed by atoms with Gasteiger partial charge in [0, 0.05) is 18.8 Å². The minimum Gasteiger partial charge on any atom is -0.466 e. The second kappa shape index (κ2) is 7.99. The van der Waals surface area contributed by atoms with Crippen LogP contribution < -0.4 is 5.73 Å². The summed E-state index contributed by atoms with van der Waals surface area (Å²) < 4.78 is 30.6. The SMILES string of the molecule is CCOC(=O)CCS(=O)(=O)N(CC)Cc1ccc(N)cc1. The molecule has 0 unspecified atom stereocenters. The summed E-state index contributed by atoms with van der Waals surface area (Å²) in [5.74, 6) is -0.737. The maximum Gasteiger partial charge on any atom is 0.306 e. The van der Waals surface area contributed by atoms with Crippen molar-refractivity contribution < 1.29 is 17.9 Å². The topological polar surface area (TPSA) is 89.7 Å². The second-order valence-corrected chi connectivity index (χ2v) is 6.63. The van der Waals surface area contributed by atoms with Crippen molar-refractivity contribution in [1.29, 1.82) is 0 Å². The Balaban J connectivity index is 2.68. The first kappa shape index (κ1) is 17.5. The van der Waals surface area contributed by atoms with Gasteiger partial charge in [-0.3, -0.25) is 4.79 Å². The Labute approximate surface area is 125 Å². The molecule has 0 radical (unpaired) electrons. The van der Waals surface area contributed by atoms with E-state index < -0.39 is 16.0 Å². The molecule has 0 saturated heterocycles. The number of rotatable bonds is 8. The summed E-state index contributed by atoms with van der Waals surface area (Å²) >= 11 is 0. The summed E-state index contributed by atoms with van der Waals surface area (Å²) in [5, 5.41) is 0. The van der Waals surface area contributed by atoms with Crippen LogP contribution in [0, 0.1) is 0 Å². The van der Waals surface area contributed by atoms with Crippen LogP contribution in [0.3, 0.4) is 0 Å². The monoisotopic (exact) mass is 314 g/mol. The normalized spacial score (nSPS) is 11.6. The number of ether oxygens (including phenoxy) is 1. The molecular weight excluding hydrogens is 292 g/mol. The van der Waals surface area contributed by atoms with E-state index in [1.807, 2.05) is 0 Å². The molecule has 6 nitrogen and oxygen atoms in total. The van der Waals surface area contributed by atoms with Crippen LogP contribution in [0.2, 0.25) is 0 Å². The van der Waals surface area contributed by atoms with Gasteiger partial charge in [-0.2, -0.15) is 4.31 Å². The van der Waals surface area contributed by atoms with Gasteiger partial charge >= 0.3 is 5.97 Å². The van der Waals surface area contributed by atoms with Crippen LogP contribution in [0.15, 0.2) is 24.3 Å². The lowest BCUT2D eigenvalue weighted by Crippen LogP contribution is -2.33. The van der Waals surface area contributed by atoms with E-state index in [-0.39, 0.29) is 25.3 Å². The molecule has 118 valence electrons. The first-order valence-electron chi connectivity index (χ1n) is 6.87. The van der Waals surface area contributed by atoms with Crippen LogP contribution in [0.1, 0.15) is 25.8 Å². The van der Waals surface area contributed by atoms with Gasteiger partial charge in [-0.25, -0.2) is 8.42 Å². The molecule has 2 N–H and O–H groups in total. The van der Waals surface area contributed by atoms with Gasteiger partial charge < -0.3 is 10.5 Å². The Morgan fingerprint density at radius 1 is 1.24 bits per heavy atom. The van der Waals surface area contributed by atoms with E-state index in [9.17, 15) is 13.2 Å². The van der Waals surface area contributed by atoms with E-state index >= 15 is 0 Å². The minimum atomic E-state index is -3.49. The maximum absolute atomic E-state index is 12.2. The van der Waals surface area contributed by atoms with Crippen molar-refractivity contribution in [2.24, 2.45) is 0 Å². The maximum atomic E-state index is 12.2. The zero-order chi connectivity index (χ0) is 15.9. The number of nitrogens with two attached hydrogens (primary N) is 1. The highest BCUT2D eigenvalue weighted by molar-refractivity contribution is 7.89. The number of nitrogens with zero attached hydrogens (tertiary/aromatic N) is 1. The van der Waals surface area contributed by atoms with E-state index in [1.165, 1.54) is 4.31 Å². The molecule has 0 aliphatic heterocycles. The molecular formula is C14H22N2O4S. The van der Waals surface area contributed by atoms with Gasteiger partial charge in [0.1, 0.15) is 0 Å². The van der Waals surface area contributed by atoms with Crippen molar-refractivity contribution in [1.82, 2.24) is 4.31 Å². The summed E-state index contributed by atoms with van der Waals surface area (Å²) in [6.45, 7) is 4.31. The second-order valence-electron chi connectivity index (χ2n) is 4.54. The van der Waals surface area contributed by atoms with Crippen LogP contribution in [0.4, 0.5) is 5.69 Å². The quantitative estimate of drug-likeness (QED) is 0.578. The summed E-state index contributed by atoms with van der Waals surface area (Å²) in [6.07, 6.45) is -0.131. The minimum absolute atomic E-state index is 0.131. The molecule has 21 heavy (non-hydrogen) atoms. The fourth-order valence-corrected chi connectivity index (χ4v) is 3.23. The number of esters is 1.